The van der Waals surface area contributed by atoms with Crippen LogP contribution < -0.4 is 10.6 Å². The fraction of sp³-hybridized carbons (Fsp3) is 0.632. The molecule has 0 radical (unpaired) electrons. The Morgan fingerprint density at radius 1 is 1.32 bits per heavy atom. The van der Waals surface area contributed by atoms with E-state index in [2.05, 4.69) is 69.6 Å². The third kappa shape index (κ3) is 7.75. The highest BCUT2D eigenvalue weighted by Gasteiger charge is 2.16. The Kier molecular flexibility index (Phi) is 9.29. The largest absolute Gasteiger partial charge is 0.379 e. The highest BCUT2D eigenvalue weighted by Crippen LogP contribution is 2.12. The second-order valence-corrected chi connectivity index (χ2v) is 7.29. The highest BCUT2D eigenvalue weighted by molar-refractivity contribution is 9.10. The van der Waals surface area contributed by atoms with E-state index in [0.717, 1.165) is 69.2 Å². The van der Waals surface area contributed by atoms with Gasteiger partial charge in [-0.05, 0) is 44.4 Å². The number of benzene rings is 1. The van der Waals surface area contributed by atoms with Gasteiger partial charge in [0.15, 0.2) is 5.96 Å². The number of halogens is 1. The van der Waals surface area contributed by atoms with Crippen molar-refractivity contribution >= 4 is 21.9 Å². The summed E-state index contributed by atoms with van der Waals surface area (Å²) in [5.74, 6) is 0.914. The van der Waals surface area contributed by atoms with Gasteiger partial charge in [0.05, 0.1) is 19.8 Å². The van der Waals surface area contributed by atoms with Gasteiger partial charge in [-0.2, -0.15) is 0 Å². The van der Waals surface area contributed by atoms with Crippen molar-refractivity contribution in [2.75, 3.05) is 45.9 Å². The zero-order valence-electron chi connectivity index (χ0n) is 15.4. The summed E-state index contributed by atoms with van der Waals surface area (Å²) >= 11 is 3.53. The fourth-order valence-corrected chi connectivity index (χ4v) is 3.34. The number of aliphatic imine (C=N–C) groups is 1. The predicted octanol–water partition coefficient (Wildman–Crippen LogP) is 2.66. The van der Waals surface area contributed by atoms with Crippen molar-refractivity contribution in [2.45, 2.75) is 32.7 Å². The summed E-state index contributed by atoms with van der Waals surface area (Å²) in [4.78, 5) is 7.20. The van der Waals surface area contributed by atoms with Gasteiger partial charge in [-0.1, -0.05) is 28.1 Å². The van der Waals surface area contributed by atoms with Crippen LogP contribution >= 0.6 is 15.9 Å². The molecule has 1 aliphatic heterocycles. The van der Waals surface area contributed by atoms with Crippen LogP contribution in [-0.2, 0) is 11.2 Å². The Balaban J connectivity index is 1.73. The summed E-state index contributed by atoms with van der Waals surface area (Å²) < 4.78 is 6.56. The molecule has 0 spiro atoms. The summed E-state index contributed by atoms with van der Waals surface area (Å²) in [6.07, 6.45) is 2.15. The molecule has 2 rings (SSSR count). The molecule has 0 aromatic heterocycles. The van der Waals surface area contributed by atoms with E-state index < -0.39 is 0 Å². The van der Waals surface area contributed by atoms with Crippen LogP contribution in [0.2, 0.25) is 0 Å². The molecule has 1 atom stereocenters. The minimum atomic E-state index is 0.445. The van der Waals surface area contributed by atoms with Gasteiger partial charge in [-0.15, -0.1) is 0 Å². The number of hydrogen-bond donors (Lipinski definition) is 2. The molecule has 5 nitrogen and oxygen atoms in total. The minimum Gasteiger partial charge on any atom is -0.379 e. The average Bonchev–Trinajstić information content (AvgIpc) is 2.63. The first kappa shape index (κ1) is 20.2. The van der Waals surface area contributed by atoms with Crippen LogP contribution in [0.5, 0.6) is 0 Å². The minimum absolute atomic E-state index is 0.445. The standard InChI is InChI=1S/C19H31BrN4O/c1-3-21-19(23-15-16(2)24-10-12-25-13-11-24)22-9-5-7-17-6-4-8-18(20)14-17/h4,6,8,14,16H,3,5,7,9-13,15H2,1-2H3,(H2,21,22,23). The van der Waals surface area contributed by atoms with E-state index in [0.29, 0.717) is 6.04 Å². The smallest absolute Gasteiger partial charge is 0.191 e. The molecule has 1 aliphatic rings. The van der Waals surface area contributed by atoms with E-state index in [9.17, 15) is 0 Å². The van der Waals surface area contributed by atoms with E-state index in [1.807, 2.05) is 0 Å². The van der Waals surface area contributed by atoms with Gasteiger partial charge in [0, 0.05) is 36.7 Å². The summed E-state index contributed by atoms with van der Waals surface area (Å²) in [5, 5.41) is 6.78. The van der Waals surface area contributed by atoms with Crippen molar-refractivity contribution in [1.82, 2.24) is 15.5 Å². The molecule has 2 N–H and O–H groups in total. The first-order chi connectivity index (χ1) is 12.2. The lowest BCUT2D eigenvalue weighted by Gasteiger charge is -2.31. The number of rotatable bonds is 8. The maximum atomic E-state index is 5.42. The molecule has 1 aromatic rings. The van der Waals surface area contributed by atoms with Crippen LogP contribution in [0.1, 0.15) is 25.8 Å². The molecule has 1 saturated heterocycles. The van der Waals surface area contributed by atoms with Crippen LogP contribution in [0.4, 0.5) is 0 Å². The van der Waals surface area contributed by atoms with E-state index in [1.165, 1.54) is 5.56 Å². The van der Waals surface area contributed by atoms with Crippen LogP contribution in [0.25, 0.3) is 0 Å². The van der Waals surface area contributed by atoms with Crippen molar-refractivity contribution in [3.63, 3.8) is 0 Å². The molecule has 0 saturated carbocycles. The summed E-state index contributed by atoms with van der Waals surface area (Å²) in [5.41, 5.74) is 1.36. The zero-order valence-corrected chi connectivity index (χ0v) is 17.0. The molecule has 1 aromatic carbocycles. The number of guanidine groups is 1. The van der Waals surface area contributed by atoms with E-state index in [4.69, 9.17) is 9.73 Å². The third-order valence-electron chi connectivity index (χ3n) is 4.35. The van der Waals surface area contributed by atoms with Crippen LogP contribution in [0.3, 0.4) is 0 Å². The van der Waals surface area contributed by atoms with Crippen LogP contribution in [0, 0.1) is 0 Å². The number of morpholine rings is 1. The first-order valence-corrected chi connectivity index (χ1v) is 10.1. The van der Waals surface area contributed by atoms with Crippen molar-refractivity contribution in [1.29, 1.82) is 0 Å². The molecular formula is C19H31BrN4O. The lowest BCUT2D eigenvalue weighted by atomic mass is 10.1. The zero-order chi connectivity index (χ0) is 17.9. The Morgan fingerprint density at radius 3 is 2.84 bits per heavy atom. The van der Waals surface area contributed by atoms with Gasteiger partial charge in [0.25, 0.3) is 0 Å². The fourth-order valence-electron chi connectivity index (χ4n) is 2.89. The maximum Gasteiger partial charge on any atom is 0.191 e. The molecule has 6 heteroatoms. The van der Waals surface area contributed by atoms with Crippen molar-refractivity contribution in [3.05, 3.63) is 34.3 Å². The van der Waals surface area contributed by atoms with E-state index in [-0.39, 0.29) is 0 Å². The van der Waals surface area contributed by atoms with Crippen LogP contribution in [-0.4, -0.2) is 62.8 Å². The number of aryl methyl sites for hydroxylation is 1. The lowest BCUT2D eigenvalue weighted by Crippen LogP contribution is -2.44. The van der Waals surface area contributed by atoms with E-state index in [1.54, 1.807) is 0 Å². The molecule has 0 aliphatic carbocycles. The summed E-state index contributed by atoms with van der Waals surface area (Å²) in [7, 11) is 0. The molecule has 1 fully saturated rings. The Labute approximate surface area is 160 Å². The van der Waals surface area contributed by atoms with Gasteiger partial charge in [0.1, 0.15) is 0 Å². The van der Waals surface area contributed by atoms with Gasteiger partial charge in [-0.25, -0.2) is 0 Å². The lowest BCUT2D eigenvalue weighted by molar-refractivity contribution is 0.0220. The van der Waals surface area contributed by atoms with Crippen molar-refractivity contribution in [2.24, 2.45) is 4.99 Å². The first-order valence-electron chi connectivity index (χ1n) is 9.27. The number of nitrogens with one attached hydrogen (secondary N) is 2. The normalized spacial score (nSPS) is 17.3. The Bertz CT molecular complexity index is 532. The van der Waals surface area contributed by atoms with Gasteiger partial charge < -0.3 is 15.4 Å². The summed E-state index contributed by atoms with van der Waals surface area (Å²) in [6.45, 7) is 10.6. The molecule has 1 unspecified atom stereocenters. The molecule has 25 heavy (non-hydrogen) atoms. The summed E-state index contributed by atoms with van der Waals surface area (Å²) in [6, 6.07) is 8.96. The predicted molar refractivity (Wildman–Crippen MR) is 108 cm³/mol. The molecule has 0 bridgehead atoms. The van der Waals surface area contributed by atoms with Gasteiger partial charge in [0.2, 0.25) is 0 Å². The quantitative estimate of drug-likeness (QED) is 0.392. The van der Waals surface area contributed by atoms with Crippen LogP contribution in [0.15, 0.2) is 33.7 Å². The molecule has 0 amide bonds. The topological polar surface area (TPSA) is 48.9 Å². The van der Waals surface area contributed by atoms with E-state index >= 15 is 0 Å². The Hall–Kier alpha value is -1.11. The second kappa shape index (κ2) is 11.5. The van der Waals surface area contributed by atoms with Crippen molar-refractivity contribution in [3.8, 4) is 0 Å². The SMILES string of the molecule is CCNC(=NCC(C)N1CCOCC1)NCCCc1cccc(Br)c1. The molecule has 1 heterocycles. The van der Waals surface area contributed by atoms with Gasteiger partial charge in [-0.3, -0.25) is 9.89 Å². The molecular weight excluding hydrogens is 380 g/mol. The monoisotopic (exact) mass is 410 g/mol. The highest BCUT2D eigenvalue weighted by atomic mass is 79.9. The number of nitrogens with zero attached hydrogens (tertiary/aromatic N) is 2. The second-order valence-electron chi connectivity index (χ2n) is 6.38. The maximum absolute atomic E-state index is 5.42. The van der Waals surface area contributed by atoms with Gasteiger partial charge >= 0.3 is 0 Å². The van der Waals surface area contributed by atoms with Crippen molar-refractivity contribution < 1.29 is 4.74 Å². The average molecular weight is 411 g/mol. The molecule has 140 valence electrons. The third-order valence-corrected chi connectivity index (χ3v) is 4.84. The Morgan fingerprint density at radius 2 is 2.12 bits per heavy atom. The number of hydrogen-bond acceptors (Lipinski definition) is 3. The number of ether oxygens (including phenoxy) is 1.